The fourth-order valence-corrected chi connectivity index (χ4v) is 15.9. The van der Waals surface area contributed by atoms with Crippen molar-refractivity contribution >= 4 is 43.9 Å². The maximum Gasteiger partial charge on any atom is 0.164 e. The van der Waals surface area contributed by atoms with Crippen molar-refractivity contribution in [3.05, 3.63) is 139 Å². The Morgan fingerprint density at radius 1 is 0.375 bits per heavy atom. The van der Waals surface area contributed by atoms with Gasteiger partial charge >= 0.3 is 0 Å². The molecule has 5 nitrogen and oxygen atoms in total. The van der Waals surface area contributed by atoms with E-state index < -0.39 is 0 Å². The zero-order valence-electron chi connectivity index (χ0n) is 36.2. The van der Waals surface area contributed by atoms with Crippen LogP contribution in [0.1, 0.15) is 88.2 Å². The third-order valence-electron chi connectivity index (χ3n) is 17.6. The van der Waals surface area contributed by atoms with Gasteiger partial charge in [0.05, 0.1) is 0 Å². The fourth-order valence-electron chi connectivity index (χ4n) is 15.9. The minimum atomic E-state index is 0.0828. The maximum atomic E-state index is 7.73. The molecule has 8 aliphatic rings. The summed E-state index contributed by atoms with van der Waals surface area (Å²) >= 11 is 0. The van der Waals surface area contributed by atoms with Crippen LogP contribution in [-0.2, 0) is 10.8 Å². The van der Waals surface area contributed by atoms with E-state index in [4.69, 9.17) is 23.8 Å². The number of fused-ring (bicyclic) bond motifs is 6. The molecule has 0 atom stereocenters. The molecule has 8 fully saturated rings. The van der Waals surface area contributed by atoms with Gasteiger partial charge in [-0.3, -0.25) is 0 Å². The maximum absolute atomic E-state index is 7.73. The van der Waals surface area contributed by atoms with Crippen LogP contribution in [0.2, 0.25) is 0 Å². The van der Waals surface area contributed by atoms with Gasteiger partial charge in [-0.05, 0) is 171 Å². The molecule has 9 aromatic rings. The third kappa shape index (κ3) is 5.39. The van der Waals surface area contributed by atoms with Crippen molar-refractivity contribution in [1.82, 2.24) is 15.0 Å². The summed E-state index contributed by atoms with van der Waals surface area (Å²) in [5.74, 6) is 6.93. The van der Waals surface area contributed by atoms with E-state index in [0.717, 1.165) is 80.4 Å². The van der Waals surface area contributed by atoms with E-state index in [1.807, 2.05) is 0 Å². The zero-order valence-corrected chi connectivity index (χ0v) is 36.2. The van der Waals surface area contributed by atoms with Gasteiger partial charge in [-0.1, -0.05) is 91.0 Å². The summed E-state index contributed by atoms with van der Waals surface area (Å²) in [5, 5.41) is 4.81. The van der Waals surface area contributed by atoms with E-state index in [9.17, 15) is 0 Å². The van der Waals surface area contributed by atoms with Crippen LogP contribution in [-0.4, -0.2) is 15.0 Å². The molecule has 64 heavy (non-hydrogen) atoms. The number of benzene rings is 6. The van der Waals surface area contributed by atoms with Crippen LogP contribution in [0.15, 0.2) is 136 Å². The molecule has 0 unspecified atom stereocenters. The van der Waals surface area contributed by atoms with E-state index in [2.05, 4.69) is 127 Å². The van der Waals surface area contributed by atoms with Crippen LogP contribution < -0.4 is 0 Å². The molecule has 8 saturated carbocycles. The first-order chi connectivity index (χ1) is 31.5. The van der Waals surface area contributed by atoms with Gasteiger partial charge in [0.15, 0.2) is 17.5 Å². The van der Waals surface area contributed by atoms with Crippen LogP contribution in [0.4, 0.5) is 0 Å². The second kappa shape index (κ2) is 13.3. The molecule has 5 heteroatoms. The first kappa shape index (κ1) is 36.3. The van der Waals surface area contributed by atoms with Crippen LogP contribution in [0.5, 0.6) is 0 Å². The number of hydrogen-bond acceptors (Lipinski definition) is 5. The highest BCUT2D eigenvalue weighted by atomic mass is 16.3. The summed E-state index contributed by atoms with van der Waals surface area (Å²) in [6, 6.07) is 46.0. The second-order valence-corrected chi connectivity index (χ2v) is 21.6. The summed E-state index contributed by atoms with van der Waals surface area (Å²) in [7, 11) is 0. The van der Waals surface area contributed by atoms with Crippen molar-refractivity contribution in [1.29, 1.82) is 0 Å². The normalized spacial score (nSPS) is 28.9. The van der Waals surface area contributed by atoms with E-state index in [0.29, 0.717) is 11.6 Å². The summed E-state index contributed by atoms with van der Waals surface area (Å²) in [6.07, 6.45) is 16.0. The predicted molar refractivity (Wildman–Crippen MR) is 256 cm³/mol. The molecule has 8 aliphatic carbocycles. The van der Waals surface area contributed by atoms with Crippen LogP contribution >= 0.6 is 0 Å². The molecule has 314 valence electrons. The Kier molecular flexibility index (Phi) is 7.51. The molecule has 3 aromatic heterocycles. The van der Waals surface area contributed by atoms with Crippen LogP contribution in [0.3, 0.4) is 0 Å². The lowest BCUT2D eigenvalue weighted by Gasteiger charge is -2.57. The minimum Gasteiger partial charge on any atom is -0.456 e. The first-order valence-electron chi connectivity index (χ1n) is 24.3. The molecule has 0 saturated heterocycles. The Morgan fingerprint density at radius 3 is 1.34 bits per heavy atom. The smallest absolute Gasteiger partial charge is 0.164 e. The molecule has 17 rings (SSSR count). The largest absolute Gasteiger partial charge is 0.456 e. The Balaban J connectivity index is 1.04. The third-order valence-corrected chi connectivity index (χ3v) is 17.6. The Bertz CT molecular complexity index is 3230. The molecule has 0 spiro atoms. The average Bonchev–Trinajstić information content (AvgIpc) is 3.89. The van der Waals surface area contributed by atoms with Crippen LogP contribution in [0.25, 0.3) is 89.2 Å². The lowest BCUT2D eigenvalue weighted by molar-refractivity contribution is -0.00518. The van der Waals surface area contributed by atoms with Crippen molar-refractivity contribution in [2.75, 3.05) is 0 Å². The molecule has 0 amide bonds. The van der Waals surface area contributed by atoms with Gasteiger partial charge in [-0.2, -0.15) is 0 Å². The van der Waals surface area contributed by atoms with Crippen molar-refractivity contribution in [2.24, 2.45) is 35.5 Å². The lowest BCUT2D eigenvalue weighted by Crippen LogP contribution is -2.48. The number of nitrogens with zero attached hydrogens (tertiary/aromatic N) is 3. The van der Waals surface area contributed by atoms with Gasteiger partial charge in [0.1, 0.15) is 22.3 Å². The molecule has 0 radical (unpaired) electrons. The average molecular weight is 834 g/mol. The molecular weight excluding hydrogens is 783 g/mol. The summed E-state index contributed by atoms with van der Waals surface area (Å²) in [5.41, 5.74) is 12.7. The SMILES string of the molecule is c1ccc(-c2nc(-c3ccccc3)nc(-c3cc(C45CC6CC(CC(C6)C4)C5)c4oc5c(C67CC8CC(CC(C8)C6)C7)cc(-c6cccc7oc8ccccc8c67)cc5c4c3)n2)cc1. The number of rotatable bonds is 6. The summed E-state index contributed by atoms with van der Waals surface area (Å²) in [4.78, 5) is 15.8. The topological polar surface area (TPSA) is 65.0 Å². The second-order valence-electron chi connectivity index (χ2n) is 21.6. The number of furan rings is 2. The Morgan fingerprint density at radius 2 is 0.812 bits per heavy atom. The standard InChI is InChI=1S/C59H51N3O2/c1-3-10-40(11-4-1)55-60-56(41-12-5-2-6-13-41)62-57(61-55)43-25-47-46-24-42(44-15-9-17-51-52(44)45-14-7-8-16-50(45)63-51)26-48(58-28-34-18-35(29-58)20-36(19-34)30-58)53(46)64-54(47)49(27-43)59-31-37-21-38(32-59)23-39(22-37)33-59/h1-17,24-27,34-39H,18-23,28-33H2. The zero-order chi connectivity index (χ0) is 41.7. The van der Waals surface area contributed by atoms with E-state index >= 15 is 0 Å². The van der Waals surface area contributed by atoms with E-state index in [-0.39, 0.29) is 10.8 Å². The summed E-state index contributed by atoms with van der Waals surface area (Å²) in [6.45, 7) is 0. The van der Waals surface area contributed by atoms with Gasteiger partial charge in [0.25, 0.3) is 0 Å². The van der Waals surface area contributed by atoms with Crippen molar-refractivity contribution in [2.45, 2.75) is 87.9 Å². The number of hydrogen-bond donors (Lipinski definition) is 0. The quantitative estimate of drug-likeness (QED) is 0.167. The van der Waals surface area contributed by atoms with Crippen molar-refractivity contribution in [3.63, 3.8) is 0 Å². The van der Waals surface area contributed by atoms with E-state index in [1.165, 1.54) is 121 Å². The highest BCUT2D eigenvalue weighted by molar-refractivity contribution is 6.15. The van der Waals surface area contributed by atoms with Gasteiger partial charge < -0.3 is 8.83 Å². The molecule has 0 N–H and O–H groups in total. The van der Waals surface area contributed by atoms with Gasteiger partial charge in [0, 0.05) is 49.4 Å². The molecular formula is C59H51N3O2. The van der Waals surface area contributed by atoms with E-state index in [1.54, 1.807) is 0 Å². The Hall–Kier alpha value is -6.07. The number of para-hydroxylation sites is 1. The van der Waals surface area contributed by atoms with Gasteiger partial charge in [-0.25, -0.2) is 15.0 Å². The minimum absolute atomic E-state index is 0.0828. The lowest BCUT2D eigenvalue weighted by atomic mass is 9.48. The highest BCUT2D eigenvalue weighted by Gasteiger charge is 2.54. The van der Waals surface area contributed by atoms with Gasteiger partial charge in [0.2, 0.25) is 0 Å². The monoisotopic (exact) mass is 833 g/mol. The van der Waals surface area contributed by atoms with Gasteiger partial charge in [-0.15, -0.1) is 0 Å². The van der Waals surface area contributed by atoms with Crippen LogP contribution in [0, 0.1) is 35.5 Å². The Labute approximate surface area is 373 Å². The summed E-state index contributed by atoms with van der Waals surface area (Å²) < 4.78 is 14.3. The van der Waals surface area contributed by atoms with Crippen molar-refractivity contribution in [3.8, 4) is 45.3 Å². The molecule has 6 aromatic carbocycles. The molecule has 3 heterocycles. The van der Waals surface area contributed by atoms with Crippen molar-refractivity contribution < 1.29 is 8.83 Å². The predicted octanol–water partition coefficient (Wildman–Crippen LogP) is 15.3. The highest BCUT2D eigenvalue weighted by Crippen LogP contribution is 2.64. The molecule has 8 bridgehead atoms. The fraction of sp³-hybridized carbons (Fsp3) is 0.339. The first-order valence-corrected chi connectivity index (χ1v) is 24.3. The molecule has 0 aliphatic heterocycles. The number of aromatic nitrogens is 3.